The maximum absolute atomic E-state index is 10.7. The van der Waals surface area contributed by atoms with Crippen LogP contribution in [0.2, 0.25) is 0 Å². The number of amides is 1. The van der Waals surface area contributed by atoms with E-state index in [-0.39, 0.29) is 5.91 Å². The third-order valence-corrected chi connectivity index (χ3v) is 2.33. The zero-order valence-electron chi connectivity index (χ0n) is 6.84. The predicted molar refractivity (Wildman–Crippen MR) is 48.1 cm³/mol. The predicted octanol–water partition coefficient (Wildman–Crippen LogP) is 0.377. The quantitative estimate of drug-likeness (QED) is 0.583. The SMILES string of the molecule is CC(=O)N[C@H]1CCCN(P)C1. The molecular formula is C7H15N2OP. The number of carbonyl (C=O) groups is 1. The molecule has 0 aromatic rings. The van der Waals surface area contributed by atoms with Gasteiger partial charge in [0.1, 0.15) is 0 Å². The fourth-order valence-electron chi connectivity index (χ4n) is 1.41. The molecule has 64 valence electrons. The molecule has 11 heavy (non-hydrogen) atoms. The molecule has 1 saturated heterocycles. The summed E-state index contributed by atoms with van der Waals surface area (Å²) in [5.74, 6) is 0.0790. The van der Waals surface area contributed by atoms with Crippen LogP contribution in [0.25, 0.3) is 0 Å². The minimum atomic E-state index is 0.0790. The number of nitrogens with zero attached hydrogens (tertiary/aromatic N) is 1. The van der Waals surface area contributed by atoms with E-state index in [0.29, 0.717) is 6.04 Å². The van der Waals surface area contributed by atoms with Gasteiger partial charge in [0.05, 0.1) is 0 Å². The summed E-state index contributed by atoms with van der Waals surface area (Å²) in [5, 5.41) is 2.92. The molecule has 0 aromatic heterocycles. The van der Waals surface area contributed by atoms with Gasteiger partial charge in [-0.15, -0.1) is 0 Å². The number of hydrogen-bond donors (Lipinski definition) is 1. The highest BCUT2D eigenvalue weighted by Crippen LogP contribution is 2.12. The van der Waals surface area contributed by atoms with E-state index in [0.717, 1.165) is 19.5 Å². The van der Waals surface area contributed by atoms with E-state index in [1.807, 2.05) is 0 Å². The monoisotopic (exact) mass is 174 g/mol. The van der Waals surface area contributed by atoms with Crippen LogP contribution in [0.3, 0.4) is 0 Å². The largest absolute Gasteiger partial charge is 0.352 e. The van der Waals surface area contributed by atoms with E-state index in [1.165, 1.54) is 6.42 Å². The molecule has 1 amide bonds. The first-order chi connectivity index (χ1) is 5.18. The van der Waals surface area contributed by atoms with E-state index in [4.69, 9.17) is 0 Å². The Bertz CT molecular complexity index is 151. The van der Waals surface area contributed by atoms with E-state index in [2.05, 4.69) is 19.4 Å². The van der Waals surface area contributed by atoms with Crippen molar-refractivity contribution in [3.05, 3.63) is 0 Å². The topological polar surface area (TPSA) is 32.3 Å². The van der Waals surface area contributed by atoms with E-state index >= 15 is 0 Å². The number of hydrogen-bond acceptors (Lipinski definition) is 2. The van der Waals surface area contributed by atoms with Gasteiger partial charge in [-0.2, -0.15) is 0 Å². The Balaban J connectivity index is 2.28. The van der Waals surface area contributed by atoms with Crippen LogP contribution in [0.1, 0.15) is 19.8 Å². The van der Waals surface area contributed by atoms with Gasteiger partial charge in [0.25, 0.3) is 0 Å². The summed E-state index contributed by atoms with van der Waals surface area (Å²) in [6, 6.07) is 0.360. The second-order valence-corrected chi connectivity index (χ2v) is 3.76. The molecule has 3 nitrogen and oxygen atoms in total. The zero-order chi connectivity index (χ0) is 8.27. The lowest BCUT2D eigenvalue weighted by molar-refractivity contribution is -0.119. The van der Waals surface area contributed by atoms with Crippen LogP contribution < -0.4 is 5.32 Å². The third kappa shape index (κ3) is 3.17. The van der Waals surface area contributed by atoms with Gasteiger partial charge in [0.2, 0.25) is 5.91 Å². The van der Waals surface area contributed by atoms with Crippen molar-refractivity contribution in [3.8, 4) is 0 Å². The molecule has 4 heteroatoms. The summed E-state index contributed by atoms with van der Waals surface area (Å²) < 4.78 is 2.17. The zero-order valence-corrected chi connectivity index (χ0v) is 7.99. The van der Waals surface area contributed by atoms with Crippen molar-refractivity contribution in [2.75, 3.05) is 13.1 Å². The normalized spacial score (nSPS) is 26.5. The molecule has 0 radical (unpaired) electrons. The molecule has 1 aliphatic rings. The minimum absolute atomic E-state index is 0.0790. The summed E-state index contributed by atoms with van der Waals surface area (Å²) >= 11 is 0. The van der Waals surface area contributed by atoms with Crippen molar-refractivity contribution in [2.24, 2.45) is 0 Å². The molecule has 1 rings (SSSR count). The van der Waals surface area contributed by atoms with Crippen molar-refractivity contribution >= 4 is 15.3 Å². The summed E-state index contributed by atoms with van der Waals surface area (Å²) in [7, 11) is 2.67. The molecule has 1 aliphatic heterocycles. The number of rotatable bonds is 1. The molecule has 0 aliphatic carbocycles. The lowest BCUT2D eigenvalue weighted by atomic mass is 10.1. The van der Waals surface area contributed by atoms with Gasteiger partial charge in [-0.25, -0.2) is 0 Å². The van der Waals surface area contributed by atoms with Crippen LogP contribution >= 0.6 is 9.39 Å². The second kappa shape index (κ2) is 4.03. The molecule has 0 saturated carbocycles. The van der Waals surface area contributed by atoms with Gasteiger partial charge in [-0.1, -0.05) is 9.39 Å². The summed E-state index contributed by atoms with van der Waals surface area (Å²) in [6.07, 6.45) is 2.29. The van der Waals surface area contributed by atoms with E-state index < -0.39 is 0 Å². The van der Waals surface area contributed by atoms with Crippen molar-refractivity contribution < 1.29 is 4.79 Å². The van der Waals surface area contributed by atoms with Gasteiger partial charge in [-0.3, -0.25) is 9.46 Å². The van der Waals surface area contributed by atoms with Crippen LogP contribution in [-0.2, 0) is 4.79 Å². The molecule has 1 fully saturated rings. The average molecular weight is 174 g/mol. The third-order valence-electron chi connectivity index (χ3n) is 1.86. The van der Waals surface area contributed by atoms with Crippen molar-refractivity contribution in [3.63, 3.8) is 0 Å². The summed E-state index contributed by atoms with van der Waals surface area (Å²) in [6.45, 7) is 3.66. The van der Waals surface area contributed by atoms with Crippen molar-refractivity contribution in [2.45, 2.75) is 25.8 Å². The van der Waals surface area contributed by atoms with Crippen LogP contribution in [0.5, 0.6) is 0 Å². The van der Waals surface area contributed by atoms with Crippen LogP contribution in [-0.4, -0.2) is 29.7 Å². The van der Waals surface area contributed by atoms with Crippen LogP contribution in [0.4, 0.5) is 0 Å². The lowest BCUT2D eigenvalue weighted by Crippen LogP contribution is -2.43. The fraction of sp³-hybridized carbons (Fsp3) is 0.857. The highest BCUT2D eigenvalue weighted by molar-refractivity contribution is 7.13. The molecule has 0 spiro atoms. The maximum Gasteiger partial charge on any atom is 0.217 e. The maximum atomic E-state index is 10.7. The highest BCUT2D eigenvalue weighted by Gasteiger charge is 2.16. The second-order valence-electron chi connectivity index (χ2n) is 3.03. The van der Waals surface area contributed by atoms with Gasteiger partial charge >= 0.3 is 0 Å². The highest BCUT2D eigenvalue weighted by atomic mass is 31.0. The van der Waals surface area contributed by atoms with E-state index in [1.54, 1.807) is 6.92 Å². The number of piperidine rings is 1. The molecular weight excluding hydrogens is 159 g/mol. The molecule has 0 aromatic carbocycles. The fourth-order valence-corrected chi connectivity index (χ4v) is 1.85. The first-order valence-electron chi connectivity index (χ1n) is 3.95. The smallest absolute Gasteiger partial charge is 0.217 e. The standard InChI is InChI=1S/C7H15N2OP/c1-6(10)8-7-3-2-4-9(11)5-7/h7H,2-5,11H2,1H3,(H,8,10)/t7-/m0/s1. The molecule has 2 atom stereocenters. The van der Waals surface area contributed by atoms with Gasteiger partial charge in [0, 0.05) is 26.1 Å². The molecule has 1 heterocycles. The number of nitrogens with one attached hydrogen (secondary N) is 1. The minimum Gasteiger partial charge on any atom is -0.352 e. The van der Waals surface area contributed by atoms with Crippen molar-refractivity contribution in [1.82, 2.24) is 9.99 Å². The Morgan fingerprint density at radius 1 is 1.73 bits per heavy atom. The van der Waals surface area contributed by atoms with Crippen LogP contribution in [0, 0.1) is 0 Å². The Hall–Kier alpha value is -0.140. The Morgan fingerprint density at radius 2 is 2.45 bits per heavy atom. The first kappa shape index (κ1) is 8.95. The Morgan fingerprint density at radius 3 is 3.00 bits per heavy atom. The average Bonchev–Trinajstić information content (AvgIpc) is 1.85. The Kier molecular flexibility index (Phi) is 3.28. The van der Waals surface area contributed by atoms with Gasteiger partial charge in [0.15, 0.2) is 0 Å². The molecule has 0 bridgehead atoms. The molecule has 1 N–H and O–H groups in total. The van der Waals surface area contributed by atoms with Gasteiger partial charge < -0.3 is 5.32 Å². The molecule has 1 unspecified atom stereocenters. The van der Waals surface area contributed by atoms with Gasteiger partial charge in [-0.05, 0) is 12.8 Å². The lowest BCUT2D eigenvalue weighted by Gasteiger charge is -2.29. The van der Waals surface area contributed by atoms with Crippen LogP contribution in [0.15, 0.2) is 0 Å². The van der Waals surface area contributed by atoms with E-state index in [9.17, 15) is 4.79 Å². The first-order valence-corrected chi connectivity index (χ1v) is 4.47. The summed E-state index contributed by atoms with van der Waals surface area (Å²) in [5.41, 5.74) is 0. The Labute approximate surface area is 69.8 Å². The number of carbonyl (C=O) groups excluding carboxylic acids is 1. The van der Waals surface area contributed by atoms with Crippen molar-refractivity contribution in [1.29, 1.82) is 0 Å². The summed E-state index contributed by atoms with van der Waals surface area (Å²) in [4.78, 5) is 10.7.